The number of anilines is 1. The second-order valence-electron chi connectivity index (χ2n) is 6.31. The van der Waals surface area contributed by atoms with Crippen molar-refractivity contribution < 1.29 is 22.7 Å². The topological polar surface area (TPSA) is 78.5 Å². The number of rotatable bonds is 4. The largest absolute Gasteiger partial charge is 0.573 e. The van der Waals surface area contributed by atoms with Crippen LogP contribution in [0.1, 0.15) is 12.5 Å². The molecule has 7 nitrogen and oxygen atoms in total. The van der Waals surface area contributed by atoms with Gasteiger partial charge >= 0.3 is 6.36 Å². The van der Waals surface area contributed by atoms with Gasteiger partial charge in [-0.15, -0.1) is 13.2 Å². The number of carbonyl (C=O) groups is 1. The Balaban J connectivity index is 1.79. The van der Waals surface area contributed by atoms with Crippen LogP contribution in [0, 0.1) is 0 Å². The van der Waals surface area contributed by atoms with Gasteiger partial charge in [-0.2, -0.15) is 5.10 Å². The summed E-state index contributed by atoms with van der Waals surface area (Å²) < 4.78 is 41.9. The van der Waals surface area contributed by atoms with Gasteiger partial charge in [0, 0.05) is 24.7 Å². The van der Waals surface area contributed by atoms with E-state index in [1.54, 1.807) is 17.9 Å². The number of hydrogen-bond acceptors (Lipinski definition) is 5. The van der Waals surface area contributed by atoms with Gasteiger partial charge in [0.1, 0.15) is 10.8 Å². The third-order valence-corrected chi connectivity index (χ3v) is 4.69. The molecule has 0 aliphatic carbocycles. The van der Waals surface area contributed by atoms with Crippen LogP contribution in [0.4, 0.5) is 18.9 Å². The van der Waals surface area contributed by atoms with Crippen molar-refractivity contribution in [2.24, 2.45) is 0 Å². The van der Waals surface area contributed by atoms with E-state index < -0.39 is 11.9 Å². The first-order valence-electron chi connectivity index (χ1n) is 8.27. The van der Waals surface area contributed by atoms with Crippen molar-refractivity contribution in [1.82, 2.24) is 15.1 Å². The minimum absolute atomic E-state index is 0.0402. The number of amides is 1. The van der Waals surface area contributed by atoms with E-state index in [2.05, 4.69) is 14.9 Å². The molecule has 28 heavy (non-hydrogen) atoms. The molecule has 1 aromatic carbocycles. The number of H-pyrrole nitrogens is 1. The van der Waals surface area contributed by atoms with Gasteiger partial charge in [-0.1, -0.05) is 29.8 Å². The molecule has 1 N–H and O–H groups in total. The second kappa shape index (κ2) is 7.70. The van der Waals surface area contributed by atoms with Crippen LogP contribution in [0.15, 0.2) is 35.3 Å². The molecule has 0 radical (unpaired) electrons. The Hall–Kier alpha value is -2.75. The number of hydrogen-bond donors (Lipinski definition) is 1. The number of halogens is 4. The standard InChI is InChI=1S/C17H16ClF3N4O3/c1-10-7-24(12-6-22-23-16(27)15(12)18)9-14(26)25(10)8-11-4-2-3-5-13(11)28-17(19,20)21/h2-6,10H,7-9H2,1H3,(H,23,27)/t10-/m1/s1. The van der Waals surface area contributed by atoms with Crippen LogP contribution < -0.4 is 15.2 Å². The summed E-state index contributed by atoms with van der Waals surface area (Å²) in [6, 6.07) is 5.33. The summed E-state index contributed by atoms with van der Waals surface area (Å²) >= 11 is 6.00. The van der Waals surface area contributed by atoms with Gasteiger partial charge in [-0.05, 0) is 13.0 Å². The number of aromatic nitrogens is 2. The first-order chi connectivity index (χ1) is 13.2. The number of carbonyl (C=O) groups excluding carboxylic acids is 1. The molecular weight excluding hydrogens is 401 g/mol. The number of para-hydroxylation sites is 1. The number of benzene rings is 1. The molecule has 11 heteroatoms. The van der Waals surface area contributed by atoms with Crippen molar-refractivity contribution >= 4 is 23.2 Å². The number of alkyl halides is 3. The maximum absolute atomic E-state index is 12.7. The van der Waals surface area contributed by atoms with Crippen LogP contribution in [0.5, 0.6) is 5.75 Å². The van der Waals surface area contributed by atoms with Gasteiger partial charge in [0.25, 0.3) is 5.56 Å². The molecule has 1 fully saturated rings. The van der Waals surface area contributed by atoms with Crippen molar-refractivity contribution in [1.29, 1.82) is 0 Å². The molecule has 1 aliphatic rings. The zero-order chi connectivity index (χ0) is 20.5. The number of nitrogens with one attached hydrogen (secondary N) is 1. The van der Waals surface area contributed by atoms with Crippen molar-refractivity contribution in [2.45, 2.75) is 25.9 Å². The summed E-state index contributed by atoms with van der Waals surface area (Å²) in [5, 5.41) is 5.82. The summed E-state index contributed by atoms with van der Waals surface area (Å²) in [6.07, 6.45) is -3.47. The van der Waals surface area contributed by atoms with Gasteiger partial charge in [-0.3, -0.25) is 9.59 Å². The minimum atomic E-state index is -4.82. The van der Waals surface area contributed by atoms with Crippen LogP contribution in [0.2, 0.25) is 5.02 Å². The molecule has 0 saturated carbocycles. The lowest BCUT2D eigenvalue weighted by Crippen LogP contribution is -2.55. The third kappa shape index (κ3) is 4.38. The normalized spacial score (nSPS) is 17.8. The monoisotopic (exact) mass is 416 g/mol. The zero-order valence-corrected chi connectivity index (χ0v) is 15.4. The van der Waals surface area contributed by atoms with E-state index in [9.17, 15) is 22.8 Å². The Kier molecular flexibility index (Phi) is 5.50. The first kappa shape index (κ1) is 20.0. The molecule has 2 heterocycles. The molecule has 1 saturated heterocycles. The predicted molar refractivity (Wildman–Crippen MR) is 95.2 cm³/mol. The summed E-state index contributed by atoms with van der Waals surface area (Å²) in [7, 11) is 0. The molecule has 1 atom stereocenters. The van der Waals surface area contributed by atoms with Crippen LogP contribution in [0.3, 0.4) is 0 Å². The quantitative estimate of drug-likeness (QED) is 0.828. The lowest BCUT2D eigenvalue weighted by Gasteiger charge is -2.40. The van der Waals surface area contributed by atoms with Crippen molar-refractivity contribution in [3.8, 4) is 5.75 Å². The molecule has 0 unspecified atom stereocenters. The molecular formula is C17H16ClF3N4O3. The Morgan fingerprint density at radius 1 is 1.32 bits per heavy atom. The molecule has 1 aromatic heterocycles. The smallest absolute Gasteiger partial charge is 0.405 e. The van der Waals surface area contributed by atoms with Gasteiger partial charge < -0.3 is 14.5 Å². The molecule has 1 amide bonds. The fourth-order valence-electron chi connectivity index (χ4n) is 3.05. The van der Waals surface area contributed by atoms with E-state index >= 15 is 0 Å². The number of aromatic amines is 1. The average Bonchev–Trinajstić information content (AvgIpc) is 2.60. The van der Waals surface area contributed by atoms with Crippen molar-refractivity contribution in [2.75, 3.05) is 18.0 Å². The minimum Gasteiger partial charge on any atom is -0.405 e. The van der Waals surface area contributed by atoms with Gasteiger partial charge in [0.2, 0.25) is 5.91 Å². The fraction of sp³-hybridized carbons (Fsp3) is 0.353. The van der Waals surface area contributed by atoms with Gasteiger partial charge in [-0.25, -0.2) is 5.10 Å². The highest BCUT2D eigenvalue weighted by atomic mass is 35.5. The Bertz CT molecular complexity index is 934. The second-order valence-corrected chi connectivity index (χ2v) is 6.68. The fourth-order valence-corrected chi connectivity index (χ4v) is 3.26. The van der Waals surface area contributed by atoms with E-state index in [-0.39, 0.29) is 41.4 Å². The Morgan fingerprint density at radius 2 is 2.04 bits per heavy atom. The predicted octanol–water partition coefficient (Wildman–Crippen LogP) is 2.56. The SMILES string of the molecule is C[C@@H]1CN(c2cn[nH]c(=O)c2Cl)CC(=O)N1Cc1ccccc1OC(F)(F)F. The van der Waals surface area contributed by atoms with E-state index in [0.717, 1.165) is 0 Å². The molecule has 2 aromatic rings. The van der Waals surface area contributed by atoms with E-state index in [0.29, 0.717) is 12.2 Å². The number of ether oxygens (including phenoxy) is 1. The maximum atomic E-state index is 12.7. The highest BCUT2D eigenvalue weighted by Gasteiger charge is 2.34. The summed E-state index contributed by atoms with van der Waals surface area (Å²) in [5.41, 5.74) is -0.00433. The zero-order valence-electron chi connectivity index (χ0n) is 14.7. The maximum Gasteiger partial charge on any atom is 0.573 e. The number of nitrogens with zero attached hydrogens (tertiary/aromatic N) is 3. The van der Waals surface area contributed by atoms with E-state index in [1.165, 1.54) is 29.3 Å². The Morgan fingerprint density at radius 3 is 2.71 bits per heavy atom. The molecule has 0 bridgehead atoms. The summed E-state index contributed by atoms with van der Waals surface area (Å²) in [6.45, 7) is 1.96. The van der Waals surface area contributed by atoms with E-state index in [4.69, 9.17) is 11.6 Å². The van der Waals surface area contributed by atoms with Crippen LogP contribution >= 0.6 is 11.6 Å². The van der Waals surface area contributed by atoms with Crippen LogP contribution in [0.25, 0.3) is 0 Å². The lowest BCUT2D eigenvalue weighted by molar-refractivity contribution is -0.275. The first-order valence-corrected chi connectivity index (χ1v) is 8.65. The summed E-state index contributed by atoms with van der Waals surface area (Å²) in [5.74, 6) is -0.670. The molecule has 3 rings (SSSR count). The van der Waals surface area contributed by atoms with Gasteiger partial charge in [0.15, 0.2) is 0 Å². The van der Waals surface area contributed by atoms with Gasteiger partial charge in [0.05, 0.1) is 18.4 Å². The van der Waals surface area contributed by atoms with Crippen molar-refractivity contribution in [3.05, 3.63) is 51.4 Å². The van der Waals surface area contributed by atoms with Crippen molar-refractivity contribution in [3.63, 3.8) is 0 Å². The van der Waals surface area contributed by atoms with Crippen LogP contribution in [-0.4, -0.2) is 46.5 Å². The molecule has 0 spiro atoms. The van der Waals surface area contributed by atoms with E-state index in [1.807, 2.05) is 0 Å². The third-order valence-electron chi connectivity index (χ3n) is 4.32. The molecule has 1 aliphatic heterocycles. The highest BCUT2D eigenvalue weighted by Crippen LogP contribution is 2.29. The Labute approximate surface area is 162 Å². The lowest BCUT2D eigenvalue weighted by atomic mass is 10.1. The van der Waals surface area contributed by atoms with Crippen LogP contribution in [-0.2, 0) is 11.3 Å². The average molecular weight is 417 g/mol. The number of piperazine rings is 1. The highest BCUT2D eigenvalue weighted by molar-refractivity contribution is 6.33. The summed E-state index contributed by atoms with van der Waals surface area (Å²) in [4.78, 5) is 27.4. The molecule has 150 valence electrons.